The van der Waals surface area contributed by atoms with E-state index in [2.05, 4.69) is 15.9 Å². The number of alkyl halides is 1. The quantitative estimate of drug-likeness (QED) is 0.380. The van der Waals surface area contributed by atoms with E-state index >= 15 is 0 Å². The summed E-state index contributed by atoms with van der Waals surface area (Å²) in [7, 11) is 0. The number of unbranched alkanes of at least 4 members (excludes halogenated alkanes) is 4. The van der Waals surface area contributed by atoms with Crippen molar-refractivity contribution in [1.82, 2.24) is 0 Å². The molecule has 0 aromatic carbocycles. The van der Waals surface area contributed by atoms with Crippen LogP contribution >= 0.6 is 15.9 Å². The number of esters is 1. The predicted molar refractivity (Wildman–Crippen MR) is 62.7 cm³/mol. The molecule has 0 atom stereocenters. The Morgan fingerprint density at radius 2 is 1.71 bits per heavy atom. The summed E-state index contributed by atoms with van der Waals surface area (Å²) < 4.78 is 5.03. The van der Waals surface area contributed by atoms with Gasteiger partial charge in [0.05, 0.1) is 6.10 Å². The van der Waals surface area contributed by atoms with Crippen molar-refractivity contribution in [2.45, 2.75) is 58.5 Å². The maximum atomic E-state index is 11.1. The molecule has 0 aliphatic carbocycles. The summed E-state index contributed by atoms with van der Waals surface area (Å²) in [5.41, 5.74) is 0. The summed E-state index contributed by atoms with van der Waals surface area (Å²) in [5, 5.41) is 1.09. The van der Waals surface area contributed by atoms with Gasteiger partial charge in [0.15, 0.2) is 0 Å². The molecule has 0 rings (SSSR count). The van der Waals surface area contributed by atoms with Crippen LogP contribution in [0, 0.1) is 0 Å². The van der Waals surface area contributed by atoms with Crippen LogP contribution in [0.2, 0.25) is 0 Å². The van der Waals surface area contributed by atoms with Crippen LogP contribution in [0.25, 0.3) is 0 Å². The van der Waals surface area contributed by atoms with Crippen LogP contribution in [0.15, 0.2) is 0 Å². The monoisotopic (exact) mass is 264 g/mol. The molecule has 0 aromatic heterocycles. The van der Waals surface area contributed by atoms with Crippen LogP contribution < -0.4 is 0 Å². The Bertz CT molecular complexity index is 146. The number of rotatable bonds is 8. The van der Waals surface area contributed by atoms with Gasteiger partial charge in [0.1, 0.15) is 0 Å². The first-order chi connectivity index (χ1) is 6.66. The van der Waals surface area contributed by atoms with E-state index in [9.17, 15) is 4.79 Å². The van der Waals surface area contributed by atoms with Crippen molar-refractivity contribution in [2.24, 2.45) is 0 Å². The molecule has 0 fully saturated rings. The largest absolute Gasteiger partial charge is 0.463 e. The summed E-state index contributed by atoms with van der Waals surface area (Å²) in [6.07, 6.45) is 6.41. The van der Waals surface area contributed by atoms with E-state index in [1.54, 1.807) is 0 Å². The first kappa shape index (κ1) is 13.9. The Morgan fingerprint density at radius 1 is 1.14 bits per heavy atom. The fourth-order valence-corrected chi connectivity index (χ4v) is 1.61. The average molecular weight is 265 g/mol. The minimum absolute atomic E-state index is 0.0240. The van der Waals surface area contributed by atoms with Gasteiger partial charge in [0, 0.05) is 11.8 Å². The van der Waals surface area contributed by atoms with E-state index < -0.39 is 0 Å². The van der Waals surface area contributed by atoms with Crippen LogP contribution in [0.1, 0.15) is 52.4 Å². The van der Waals surface area contributed by atoms with Gasteiger partial charge in [-0.25, -0.2) is 0 Å². The van der Waals surface area contributed by atoms with Gasteiger partial charge in [-0.15, -0.1) is 0 Å². The second-order valence-electron chi connectivity index (χ2n) is 3.75. The fraction of sp³-hybridized carbons (Fsp3) is 0.909. The first-order valence-corrected chi connectivity index (χ1v) is 6.54. The maximum absolute atomic E-state index is 11.1. The lowest BCUT2D eigenvalue weighted by molar-refractivity contribution is -0.147. The lowest BCUT2D eigenvalue weighted by Crippen LogP contribution is -2.10. The van der Waals surface area contributed by atoms with Crippen molar-refractivity contribution in [3.8, 4) is 0 Å². The Hall–Kier alpha value is -0.0500. The molecule has 0 N–H and O–H groups in total. The molecular formula is C11H21BrO2. The molecule has 0 bridgehead atoms. The van der Waals surface area contributed by atoms with Crippen LogP contribution in [-0.4, -0.2) is 17.4 Å². The van der Waals surface area contributed by atoms with Crippen LogP contribution in [-0.2, 0) is 9.53 Å². The lowest BCUT2D eigenvalue weighted by atomic mass is 10.1. The summed E-state index contributed by atoms with van der Waals surface area (Å²) >= 11 is 3.39. The zero-order valence-corrected chi connectivity index (χ0v) is 10.8. The number of carbonyl (C=O) groups excluding carboxylic acids is 1. The molecule has 0 spiro atoms. The van der Waals surface area contributed by atoms with Gasteiger partial charge in [0.2, 0.25) is 0 Å². The van der Waals surface area contributed by atoms with E-state index in [0.29, 0.717) is 6.42 Å². The molecule has 0 unspecified atom stereocenters. The number of ether oxygens (including phenoxy) is 1. The second kappa shape index (κ2) is 9.50. The normalized spacial score (nSPS) is 10.6. The smallest absolute Gasteiger partial charge is 0.306 e. The van der Waals surface area contributed by atoms with Gasteiger partial charge >= 0.3 is 5.97 Å². The SMILES string of the molecule is CC(C)OC(=O)CCCCCCCBr. The van der Waals surface area contributed by atoms with Crippen LogP contribution in [0.3, 0.4) is 0 Å². The van der Waals surface area contributed by atoms with Crippen molar-refractivity contribution in [1.29, 1.82) is 0 Å². The van der Waals surface area contributed by atoms with Crippen molar-refractivity contribution < 1.29 is 9.53 Å². The van der Waals surface area contributed by atoms with E-state index in [1.165, 1.54) is 19.3 Å². The van der Waals surface area contributed by atoms with E-state index in [-0.39, 0.29) is 12.1 Å². The van der Waals surface area contributed by atoms with Crippen molar-refractivity contribution in [2.75, 3.05) is 5.33 Å². The Labute approximate surface area is 95.5 Å². The first-order valence-electron chi connectivity index (χ1n) is 5.42. The summed E-state index contributed by atoms with van der Waals surface area (Å²) in [4.78, 5) is 11.1. The third-order valence-electron chi connectivity index (χ3n) is 1.88. The lowest BCUT2D eigenvalue weighted by Gasteiger charge is -2.07. The number of carbonyl (C=O) groups is 1. The standard InChI is InChI=1S/C11H21BrO2/c1-10(2)14-11(13)8-6-4-3-5-7-9-12/h10H,3-9H2,1-2H3. The summed E-state index contributed by atoms with van der Waals surface area (Å²) in [6, 6.07) is 0. The zero-order chi connectivity index (χ0) is 10.8. The van der Waals surface area contributed by atoms with Gasteiger partial charge in [-0.3, -0.25) is 4.79 Å². The van der Waals surface area contributed by atoms with E-state index in [0.717, 1.165) is 18.2 Å². The highest BCUT2D eigenvalue weighted by Crippen LogP contribution is 2.07. The van der Waals surface area contributed by atoms with E-state index in [4.69, 9.17) is 4.74 Å². The number of halogens is 1. The average Bonchev–Trinajstić information content (AvgIpc) is 2.10. The molecule has 3 heteroatoms. The highest BCUT2D eigenvalue weighted by Gasteiger charge is 2.04. The number of hydrogen-bond acceptors (Lipinski definition) is 2. The van der Waals surface area contributed by atoms with E-state index in [1.807, 2.05) is 13.8 Å². The third kappa shape index (κ3) is 10.0. The molecular weight excluding hydrogens is 244 g/mol. The third-order valence-corrected chi connectivity index (χ3v) is 2.44. The second-order valence-corrected chi connectivity index (χ2v) is 4.54. The van der Waals surface area contributed by atoms with Crippen molar-refractivity contribution in [3.05, 3.63) is 0 Å². The Morgan fingerprint density at radius 3 is 2.29 bits per heavy atom. The van der Waals surface area contributed by atoms with Gasteiger partial charge in [0.25, 0.3) is 0 Å². The molecule has 84 valence electrons. The van der Waals surface area contributed by atoms with Crippen LogP contribution in [0.4, 0.5) is 0 Å². The Balaban J connectivity index is 3.15. The topological polar surface area (TPSA) is 26.3 Å². The van der Waals surface area contributed by atoms with Crippen molar-refractivity contribution >= 4 is 21.9 Å². The van der Waals surface area contributed by atoms with Crippen LogP contribution in [0.5, 0.6) is 0 Å². The molecule has 0 radical (unpaired) electrons. The van der Waals surface area contributed by atoms with Gasteiger partial charge < -0.3 is 4.74 Å². The minimum atomic E-state index is -0.0551. The number of hydrogen-bond donors (Lipinski definition) is 0. The maximum Gasteiger partial charge on any atom is 0.306 e. The molecule has 2 nitrogen and oxygen atoms in total. The minimum Gasteiger partial charge on any atom is -0.463 e. The predicted octanol–water partition coefficient (Wildman–Crippen LogP) is 3.67. The van der Waals surface area contributed by atoms with Crippen molar-refractivity contribution in [3.63, 3.8) is 0 Å². The molecule has 0 aromatic rings. The molecule has 0 heterocycles. The van der Waals surface area contributed by atoms with Gasteiger partial charge in [-0.2, -0.15) is 0 Å². The Kier molecular flexibility index (Phi) is 9.47. The highest BCUT2D eigenvalue weighted by molar-refractivity contribution is 9.09. The molecule has 0 saturated heterocycles. The molecule has 0 saturated carbocycles. The fourth-order valence-electron chi connectivity index (χ4n) is 1.22. The molecule has 0 aliphatic rings. The summed E-state index contributed by atoms with van der Waals surface area (Å²) in [6.45, 7) is 3.77. The molecule has 0 amide bonds. The zero-order valence-electron chi connectivity index (χ0n) is 9.22. The van der Waals surface area contributed by atoms with Gasteiger partial charge in [-0.1, -0.05) is 35.2 Å². The summed E-state index contributed by atoms with van der Waals surface area (Å²) in [5.74, 6) is -0.0551. The highest BCUT2D eigenvalue weighted by atomic mass is 79.9. The molecule has 14 heavy (non-hydrogen) atoms. The van der Waals surface area contributed by atoms with Gasteiger partial charge in [-0.05, 0) is 26.7 Å². The molecule has 0 aliphatic heterocycles.